The third-order valence-corrected chi connectivity index (χ3v) is 5.56. The van der Waals surface area contributed by atoms with Crippen molar-refractivity contribution in [1.82, 2.24) is 0 Å². The molecule has 21 heavy (non-hydrogen) atoms. The van der Waals surface area contributed by atoms with Gasteiger partial charge < -0.3 is 10.1 Å². The fraction of sp³-hybridized carbons (Fsp3) is 0.600. The van der Waals surface area contributed by atoms with Crippen LogP contribution in [0.4, 0.5) is 5.69 Å². The molecule has 3 atom stereocenters. The number of primary sulfonamides is 1. The predicted octanol–water partition coefficient (Wildman–Crippen LogP) is 2.34. The zero-order chi connectivity index (χ0) is 15.7. The number of rotatable bonds is 6. The average Bonchev–Trinajstić information content (AvgIpc) is 2.45. The second kappa shape index (κ2) is 5.94. The van der Waals surface area contributed by atoms with Crippen LogP contribution >= 0.6 is 0 Å². The molecule has 0 spiro atoms. The fourth-order valence-corrected chi connectivity index (χ4v) is 3.43. The molecular formula is C15H24N2O3S. The third-order valence-electron chi connectivity index (χ3n) is 4.63. The Morgan fingerprint density at radius 1 is 1.33 bits per heavy atom. The lowest BCUT2D eigenvalue weighted by Gasteiger charge is -2.54. The lowest BCUT2D eigenvalue weighted by atomic mass is 9.61. The van der Waals surface area contributed by atoms with Crippen LogP contribution in [0.2, 0.25) is 0 Å². The quantitative estimate of drug-likeness (QED) is 0.845. The van der Waals surface area contributed by atoms with Crippen molar-refractivity contribution in [1.29, 1.82) is 0 Å². The van der Waals surface area contributed by atoms with Crippen molar-refractivity contribution < 1.29 is 13.2 Å². The topological polar surface area (TPSA) is 81.4 Å². The lowest BCUT2D eigenvalue weighted by molar-refractivity contribution is -0.109. The zero-order valence-electron chi connectivity index (χ0n) is 12.8. The summed E-state index contributed by atoms with van der Waals surface area (Å²) in [4.78, 5) is 0.132. The number of sulfonamides is 1. The summed E-state index contributed by atoms with van der Waals surface area (Å²) in [6, 6.07) is 6.90. The van der Waals surface area contributed by atoms with E-state index in [1.807, 2.05) is 6.92 Å². The highest BCUT2D eigenvalue weighted by molar-refractivity contribution is 7.89. The Balaban J connectivity index is 2.06. The monoisotopic (exact) mass is 312 g/mol. The van der Waals surface area contributed by atoms with Crippen LogP contribution in [0, 0.1) is 5.41 Å². The van der Waals surface area contributed by atoms with Crippen molar-refractivity contribution >= 4 is 15.7 Å². The van der Waals surface area contributed by atoms with Gasteiger partial charge in [0.25, 0.3) is 0 Å². The van der Waals surface area contributed by atoms with E-state index >= 15 is 0 Å². The highest BCUT2D eigenvalue weighted by Gasteiger charge is 2.51. The normalized spacial score (nSPS) is 29.0. The van der Waals surface area contributed by atoms with Crippen molar-refractivity contribution in [2.45, 2.75) is 50.7 Å². The van der Waals surface area contributed by atoms with Crippen LogP contribution in [0.5, 0.6) is 0 Å². The minimum atomic E-state index is -3.63. The number of benzene rings is 1. The molecule has 0 heterocycles. The van der Waals surface area contributed by atoms with Gasteiger partial charge in [-0.15, -0.1) is 0 Å². The molecule has 1 aliphatic rings. The molecular weight excluding hydrogens is 288 g/mol. The maximum atomic E-state index is 11.2. The summed E-state index contributed by atoms with van der Waals surface area (Å²) in [5, 5.41) is 8.57. The zero-order valence-corrected chi connectivity index (χ0v) is 13.6. The molecule has 6 heteroatoms. The number of nitrogens with one attached hydrogen (secondary N) is 1. The molecule has 3 N–H and O–H groups in total. The number of nitrogens with two attached hydrogens (primary N) is 1. The van der Waals surface area contributed by atoms with E-state index < -0.39 is 10.0 Å². The van der Waals surface area contributed by atoms with Gasteiger partial charge in [0.1, 0.15) is 0 Å². The number of hydrogen-bond donors (Lipinski definition) is 2. The van der Waals surface area contributed by atoms with E-state index in [-0.39, 0.29) is 16.4 Å². The van der Waals surface area contributed by atoms with Crippen LogP contribution in [-0.2, 0) is 14.8 Å². The lowest BCUT2D eigenvalue weighted by Crippen LogP contribution is -2.59. The summed E-state index contributed by atoms with van der Waals surface area (Å²) in [6.45, 7) is 7.15. The van der Waals surface area contributed by atoms with Crippen molar-refractivity contribution in [2.24, 2.45) is 10.6 Å². The highest BCUT2D eigenvalue weighted by Crippen LogP contribution is 2.47. The molecule has 2 rings (SSSR count). The van der Waals surface area contributed by atoms with Gasteiger partial charge in [0, 0.05) is 23.8 Å². The first kappa shape index (κ1) is 16.3. The summed E-state index contributed by atoms with van der Waals surface area (Å²) >= 11 is 0. The summed E-state index contributed by atoms with van der Waals surface area (Å²) in [5.74, 6) is 0. The minimum absolute atomic E-state index is 0.106. The second-order valence-corrected chi connectivity index (χ2v) is 7.37. The van der Waals surface area contributed by atoms with Crippen LogP contribution in [0.25, 0.3) is 0 Å². The molecule has 1 aromatic carbocycles. The van der Waals surface area contributed by atoms with E-state index in [9.17, 15) is 8.42 Å². The van der Waals surface area contributed by atoms with E-state index in [4.69, 9.17) is 9.88 Å². The molecule has 0 saturated heterocycles. The maximum absolute atomic E-state index is 11.2. The van der Waals surface area contributed by atoms with E-state index in [1.54, 1.807) is 12.1 Å². The molecule has 0 amide bonds. The van der Waals surface area contributed by atoms with Crippen LogP contribution in [-0.4, -0.2) is 27.2 Å². The van der Waals surface area contributed by atoms with Gasteiger partial charge in [0.05, 0.1) is 11.0 Å². The van der Waals surface area contributed by atoms with Gasteiger partial charge in [-0.1, -0.05) is 13.8 Å². The SMILES string of the molecule is CCOC1CC(Nc2ccc(S(N)(=O)=O)cc2)C1(C)CC. The number of ether oxygens (including phenoxy) is 1. The van der Waals surface area contributed by atoms with Gasteiger partial charge in [-0.05, 0) is 44.0 Å². The van der Waals surface area contributed by atoms with Gasteiger partial charge in [-0.2, -0.15) is 0 Å². The summed E-state index contributed by atoms with van der Waals surface area (Å²) < 4.78 is 28.3. The first-order chi connectivity index (χ1) is 9.81. The van der Waals surface area contributed by atoms with Gasteiger partial charge in [0.15, 0.2) is 0 Å². The van der Waals surface area contributed by atoms with E-state index in [0.717, 1.165) is 25.1 Å². The molecule has 0 bridgehead atoms. The summed E-state index contributed by atoms with van der Waals surface area (Å²) in [7, 11) is -3.63. The molecule has 1 saturated carbocycles. The number of anilines is 1. The van der Waals surface area contributed by atoms with Crippen molar-refractivity contribution in [3.63, 3.8) is 0 Å². The Hall–Kier alpha value is -1.11. The first-order valence-corrected chi connectivity index (χ1v) is 8.87. The van der Waals surface area contributed by atoms with Gasteiger partial charge in [-0.3, -0.25) is 0 Å². The van der Waals surface area contributed by atoms with Crippen LogP contribution in [0.3, 0.4) is 0 Å². The first-order valence-electron chi connectivity index (χ1n) is 7.32. The van der Waals surface area contributed by atoms with Crippen LogP contribution < -0.4 is 10.5 Å². The molecule has 0 aromatic heterocycles. The Kier molecular flexibility index (Phi) is 4.60. The molecule has 5 nitrogen and oxygen atoms in total. The van der Waals surface area contributed by atoms with Gasteiger partial charge in [0.2, 0.25) is 10.0 Å². The minimum Gasteiger partial charge on any atom is -0.382 e. The Bertz CT molecular complexity index is 585. The molecule has 1 fully saturated rings. The molecule has 0 aliphatic heterocycles. The standard InChI is InChI=1S/C15H24N2O3S/c1-4-15(3)13(10-14(15)20-5-2)17-11-6-8-12(9-7-11)21(16,18)19/h6-9,13-14,17H,4-5,10H2,1-3H3,(H2,16,18,19). The Labute approximate surface area is 126 Å². The average molecular weight is 312 g/mol. The van der Waals surface area contributed by atoms with Crippen molar-refractivity contribution in [3.05, 3.63) is 24.3 Å². The van der Waals surface area contributed by atoms with E-state index in [1.165, 1.54) is 12.1 Å². The second-order valence-electron chi connectivity index (χ2n) is 5.81. The van der Waals surface area contributed by atoms with E-state index in [2.05, 4.69) is 19.2 Å². The van der Waals surface area contributed by atoms with Crippen molar-refractivity contribution in [3.8, 4) is 0 Å². The molecule has 0 radical (unpaired) electrons. The smallest absolute Gasteiger partial charge is 0.238 e. The van der Waals surface area contributed by atoms with Crippen LogP contribution in [0.15, 0.2) is 29.2 Å². The molecule has 118 valence electrons. The van der Waals surface area contributed by atoms with E-state index in [0.29, 0.717) is 6.04 Å². The maximum Gasteiger partial charge on any atom is 0.238 e. The predicted molar refractivity (Wildman–Crippen MR) is 83.7 cm³/mol. The largest absolute Gasteiger partial charge is 0.382 e. The third kappa shape index (κ3) is 3.22. The van der Waals surface area contributed by atoms with Crippen LogP contribution in [0.1, 0.15) is 33.6 Å². The molecule has 1 aromatic rings. The fourth-order valence-electron chi connectivity index (χ4n) is 2.92. The Morgan fingerprint density at radius 3 is 2.43 bits per heavy atom. The molecule has 3 unspecified atom stereocenters. The summed E-state index contributed by atoms with van der Waals surface area (Å²) in [6.07, 6.45) is 2.29. The van der Waals surface area contributed by atoms with Gasteiger partial charge in [-0.25, -0.2) is 13.6 Å². The summed E-state index contributed by atoms with van der Waals surface area (Å²) in [5.41, 5.74) is 1.01. The highest BCUT2D eigenvalue weighted by atomic mass is 32.2. The van der Waals surface area contributed by atoms with Gasteiger partial charge >= 0.3 is 0 Å². The Morgan fingerprint density at radius 2 is 1.95 bits per heavy atom. The number of hydrogen-bond acceptors (Lipinski definition) is 4. The molecule has 1 aliphatic carbocycles. The van der Waals surface area contributed by atoms with Crippen molar-refractivity contribution in [2.75, 3.05) is 11.9 Å².